The number of hydrogen-bond donors (Lipinski definition) is 1. The molecule has 1 aliphatic rings. The first-order valence-electron chi connectivity index (χ1n) is 7.17. The van der Waals surface area contributed by atoms with Gasteiger partial charge in [-0.3, -0.25) is 4.79 Å². The van der Waals surface area contributed by atoms with E-state index in [0.717, 1.165) is 50.3 Å². The van der Waals surface area contributed by atoms with Gasteiger partial charge in [-0.15, -0.1) is 10.2 Å². The third-order valence-corrected chi connectivity index (χ3v) is 4.30. The summed E-state index contributed by atoms with van der Waals surface area (Å²) >= 11 is 0. The Morgan fingerprint density at radius 3 is 2.58 bits per heavy atom. The number of nitrogens with zero attached hydrogens (tertiary/aromatic N) is 3. The number of carbonyl (C=O) groups is 1. The molecule has 19 heavy (non-hydrogen) atoms. The molecule has 0 amide bonds. The van der Waals surface area contributed by atoms with Gasteiger partial charge < -0.3 is 9.67 Å². The number of rotatable bonds is 5. The molecule has 0 atom stereocenters. The van der Waals surface area contributed by atoms with E-state index in [4.69, 9.17) is 0 Å². The minimum Gasteiger partial charge on any atom is -0.481 e. The first kappa shape index (κ1) is 14.0. The smallest absolute Gasteiger partial charge is 0.303 e. The first-order valence-corrected chi connectivity index (χ1v) is 7.17. The van der Waals surface area contributed by atoms with Crippen molar-refractivity contribution in [2.24, 2.45) is 5.41 Å². The van der Waals surface area contributed by atoms with Gasteiger partial charge in [0.25, 0.3) is 0 Å². The molecule has 1 heterocycles. The van der Waals surface area contributed by atoms with E-state index in [1.54, 1.807) is 0 Å². The standard InChI is InChI=1S/C14H23N3O2/c1-3-17-11(2)15-16-12(17)9-14(10-13(18)19)7-5-4-6-8-14/h3-10H2,1-2H3,(H,18,19). The fourth-order valence-corrected chi connectivity index (χ4v) is 3.34. The van der Waals surface area contributed by atoms with Gasteiger partial charge in [-0.1, -0.05) is 19.3 Å². The molecule has 1 aromatic heterocycles. The van der Waals surface area contributed by atoms with E-state index < -0.39 is 5.97 Å². The molecule has 1 fully saturated rings. The minimum absolute atomic E-state index is 0.115. The Hall–Kier alpha value is -1.39. The van der Waals surface area contributed by atoms with Gasteiger partial charge in [0.2, 0.25) is 0 Å². The third-order valence-electron chi connectivity index (χ3n) is 4.30. The van der Waals surface area contributed by atoms with Gasteiger partial charge in [-0.25, -0.2) is 0 Å². The molecule has 0 bridgehead atoms. The van der Waals surface area contributed by atoms with E-state index in [2.05, 4.69) is 21.7 Å². The lowest BCUT2D eigenvalue weighted by Gasteiger charge is -2.35. The van der Waals surface area contributed by atoms with Crippen LogP contribution in [0.1, 0.15) is 57.1 Å². The predicted molar refractivity (Wildman–Crippen MR) is 71.9 cm³/mol. The largest absolute Gasteiger partial charge is 0.481 e. The van der Waals surface area contributed by atoms with E-state index in [1.165, 1.54) is 6.42 Å². The highest BCUT2D eigenvalue weighted by molar-refractivity contribution is 5.67. The maximum atomic E-state index is 11.2. The number of aliphatic carboxylic acids is 1. The lowest BCUT2D eigenvalue weighted by Crippen LogP contribution is -2.31. The molecular weight excluding hydrogens is 242 g/mol. The fourth-order valence-electron chi connectivity index (χ4n) is 3.34. The number of aryl methyl sites for hydroxylation is 1. The summed E-state index contributed by atoms with van der Waals surface area (Å²) in [7, 11) is 0. The maximum absolute atomic E-state index is 11.2. The van der Waals surface area contributed by atoms with Gasteiger partial charge in [0, 0.05) is 13.0 Å². The Morgan fingerprint density at radius 2 is 2.00 bits per heavy atom. The summed E-state index contributed by atoms with van der Waals surface area (Å²) in [6.45, 7) is 4.87. The summed E-state index contributed by atoms with van der Waals surface area (Å²) < 4.78 is 2.10. The predicted octanol–water partition coefficient (Wildman–Crippen LogP) is 2.57. The molecule has 1 N–H and O–H groups in total. The summed E-state index contributed by atoms with van der Waals surface area (Å²) in [4.78, 5) is 11.2. The summed E-state index contributed by atoms with van der Waals surface area (Å²) in [5.74, 6) is 1.17. The molecular formula is C14H23N3O2. The van der Waals surface area contributed by atoms with Crippen molar-refractivity contribution < 1.29 is 9.90 Å². The van der Waals surface area contributed by atoms with Crippen molar-refractivity contribution in [3.8, 4) is 0 Å². The molecule has 106 valence electrons. The Balaban J connectivity index is 2.21. The molecule has 1 aliphatic carbocycles. The third kappa shape index (κ3) is 3.14. The number of carboxylic acid groups (broad SMARTS) is 1. The van der Waals surface area contributed by atoms with Crippen molar-refractivity contribution in [2.75, 3.05) is 0 Å². The normalized spacial score (nSPS) is 18.4. The molecule has 0 aliphatic heterocycles. The molecule has 5 nitrogen and oxygen atoms in total. The van der Waals surface area contributed by atoms with Crippen LogP contribution in [0.3, 0.4) is 0 Å². The van der Waals surface area contributed by atoms with Crippen LogP contribution in [-0.4, -0.2) is 25.8 Å². The highest BCUT2D eigenvalue weighted by Crippen LogP contribution is 2.41. The summed E-state index contributed by atoms with van der Waals surface area (Å²) in [6.07, 6.45) is 6.47. The highest BCUT2D eigenvalue weighted by atomic mass is 16.4. The van der Waals surface area contributed by atoms with Crippen LogP contribution in [0.15, 0.2) is 0 Å². The summed E-state index contributed by atoms with van der Waals surface area (Å²) in [6, 6.07) is 0. The van der Waals surface area contributed by atoms with Crippen molar-refractivity contribution in [1.29, 1.82) is 0 Å². The lowest BCUT2D eigenvalue weighted by molar-refractivity contribution is -0.140. The second kappa shape index (κ2) is 5.72. The zero-order chi connectivity index (χ0) is 13.9. The van der Waals surface area contributed by atoms with Gasteiger partial charge in [-0.05, 0) is 32.1 Å². The minimum atomic E-state index is -0.693. The average molecular weight is 265 g/mol. The van der Waals surface area contributed by atoms with Crippen LogP contribution in [-0.2, 0) is 17.8 Å². The molecule has 0 saturated heterocycles. The maximum Gasteiger partial charge on any atom is 0.303 e. The summed E-state index contributed by atoms with van der Waals surface area (Å²) in [5.41, 5.74) is -0.115. The van der Waals surface area contributed by atoms with Gasteiger partial charge >= 0.3 is 5.97 Å². The van der Waals surface area contributed by atoms with Crippen molar-refractivity contribution in [3.63, 3.8) is 0 Å². The van der Waals surface area contributed by atoms with Crippen LogP contribution in [0.25, 0.3) is 0 Å². The van der Waals surface area contributed by atoms with E-state index in [-0.39, 0.29) is 11.8 Å². The zero-order valence-corrected chi connectivity index (χ0v) is 11.9. The number of carboxylic acids is 1. The lowest BCUT2D eigenvalue weighted by atomic mass is 9.69. The molecule has 0 unspecified atom stereocenters. The van der Waals surface area contributed by atoms with Gasteiger partial charge in [0.05, 0.1) is 6.42 Å². The SMILES string of the molecule is CCn1c(C)nnc1CC1(CC(=O)O)CCCCC1. The van der Waals surface area contributed by atoms with E-state index in [9.17, 15) is 9.90 Å². The van der Waals surface area contributed by atoms with Gasteiger partial charge in [0.15, 0.2) is 0 Å². The number of hydrogen-bond acceptors (Lipinski definition) is 3. The quantitative estimate of drug-likeness (QED) is 0.888. The van der Waals surface area contributed by atoms with Gasteiger partial charge in [0.1, 0.15) is 11.6 Å². The van der Waals surface area contributed by atoms with Crippen LogP contribution < -0.4 is 0 Å². The first-order chi connectivity index (χ1) is 9.06. The van der Waals surface area contributed by atoms with E-state index >= 15 is 0 Å². The van der Waals surface area contributed by atoms with Crippen LogP contribution in [0, 0.1) is 12.3 Å². The Bertz CT molecular complexity index is 448. The second-order valence-electron chi connectivity index (χ2n) is 5.72. The van der Waals surface area contributed by atoms with E-state index in [0.29, 0.717) is 0 Å². The second-order valence-corrected chi connectivity index (χ2v) is 5.72. The molecule has 1 saturated carbocycles. The molecule has 0 spiro atoms. The Morgan fingerprint density at radius 1 is 1.32 bits per heavy atom. The van der Waals surface area contributed by atoms with E-state index in [1.807, 2.05) is 6.92 Å². The van der Waals surface area contributed by atoms with Crippen molar-refractivity contribution in [3.05, 3.63) is 11.6 Å². The Labute approximate surface area is 114 Å². The van der Waals surface area contributed by atoms with Crippen molar-refractivity contribution >= 4 is 5.97 Å². The highest BCUT2D eigenvalue weighted by Gasteiger charge is 2.36. The summed E-state index contributed by atoms with van der Waals surface area (Å²) in [5, 5.41) is 17.6. The van der Waals surface area contributed by atoms with Crippen LogP contribution >= 0.6 is 0 Å². The van der Waals surface area contributed by atoms with Gasteiger partial charge in [-0.2, -0.15) is 0 Å². The molecule has 5 heteroatoms. The average Bonchev–Trinajstić information content (AvgIpc) is 2.69. The molecule has 0 radical (unpaired) electrons. The topological polar surface area (TPSA) is 68.0 Å². The monoisotopic (exact) mass is 265 g/mol. The van der Waals surface area contributed by atoms with Crippen LogP contribution in [0.5, 0.6) is 0 Å². The molecule has 2 rings (SSSR count). The van der Waals surface area contributed by atoms with Crippen molar-refractivity contribution in [2.45, 2.75) is 65.3 Å². The number of aromatic nitrogens is 3. The molecule has 0 aromatic carbocycles. The van der Waals surface area contributed by atoms with Crippen LogP contribution in [0.2, 0.25) is 0 Å². The van der Waals surface area contributed by atoms with Crippen LogP contribution in [0.4, 0.5) is 0 Å². The van der Waals surface area contributed by atoms with Crippen molar-refractivity contribution in [1.82, 2.24) is 14.8 Å². The Kier molecular flexibility index (Phi) is 4.22. The fraction of sp³-hybridized carbons (Fsp3) is 0.786. The zero-order valence-electron chi connectivity index (χ0n) is 11.9. The molecule has 1 aromatic rings.